The summed E-state index contributed by atoms with van der Waals surface area (Å²) in [6.45, 7) is 3.90. The maximum atomic E-state index is 5.81. The fourth-order valence-corrected chi connectivity index (χ4v) is 2.14. The third kappa shape index (κ3) is 3.01. The first-order valence-electron chi connectivity index (χ1n) is 4.92. The summed E-state index contributed by atoms with van der Waals surface area (Å²) < 4.78 is 0. The average Bonchev–Trinajstić information content (AvgIpc) is 2.19. The van der Waals surface area contributed by atoms with Gasteiger partial charge in [0, 0.05) is 16.6 Å². The zero-order chi connectivity index (χ0) is 11.4. The summed E-state index contributed by atoms with van der Waals surface area (Å²) in [6, 6.07) is 8.33. The van der Waals surface area contributed by atoms with Crippen LogP contribution in [0.2, 0.25) is 0 Å². The van der Waals surface area contributed by atoms with Crippen LogP contribution in [-0.2, 0) is 0 Å². The Balaban J connectivity index is 3.03. The number of benzene rings is 1. The highest BCUT2D eigenvalue weighted by Gasteiger charge is 2.04. The van der Waals surface area contributed by atoms with Crippen LogP contribution in [0.15, 0.2) is 30.0 Å². The lowest BCUT2D eigenvalue weighted by Gasteiger charge is -2.09. The van der Waals surface area contributed by atoms with Gasteiger partial charge in [-0.3, -0.25) is 0 Å². The third-order valence-corrected chi connectivity index (χ3v) is 3.23. The molecule has 1 aromatic rings. The Morgan fingerprint density at radius 3 is 2.13 bits per heavy atom. The molecule has 0 spiro atoms. The number of hydrogen-bond acceptors (Lipinski definition) is 3. The molecule has 0 aliphatic carbocycles. The van der Waals surface area contributed by atoms with E-state index in [2.05, 4.69) is 24.3 Å². The SMILES string of the molecule is CS/C(=C(/C)N)c1ccc([C@H](C)N)cc1. The molecule has 4 N–H and O–H groups in total. The first-order chi connectivity index (χ1) is 7.06. The second kappa shape index (κ2) is 5.24. The Labute approximate surface area is 95.7 Å². The van der Waals surface area contributed by atoms with Crippen LogP contribution in [0.1, 0.15) is 31.0 Å². The van der Waals surface area contributed by atoms with Crippen molar-refractivity contribution in [2.24, 2.45) is 11.5 Å². The maximum Gasteiger partial charge on any atom is 0.0326 e. The molecule has 0 aliphatic rings. The predicted octanol–water partition coefficient (Wildman–Crippen LogP) is 2.72. The van der Waals surface area contributed by atoms with Crippen LogP contribution >= 0.6 is 11.8 Å². The summed E-state index contributed by atoms with van der Waals surface area (Å²) in [5.41, 5.74) is 14.8. The predicted molar refractivity (Wildman–Crippen MR) is 69.3 cm³/mol. The smallest absolute Gasteiger partial charge is 0.0326 e. The first kappa shape index (κ1) is 12.1. The molecule has 0 heterocycles. The van der Waals surface area contributed by atoms with E-state index in [1.807, 2.05) is 20.1 Å². The molecule has 2 nitrogen and oxygen atoms in total. The molecule has 0 bridgehead atoms. The van der Waals surface area contributed by atoms with Gasteiger partial charge >= 0.3 is 0 Å². The Bertz CT molecular complexity index is 348. The second-order valence-corrected chi connectivity index (χ2v) is 4.44. The molecule has 1 rings (SSSR count). The van der Waals surface area contributed by atoms with Crippen LogP contribution in [-0.4, -0.2) is 6.26 Å². The van der Waals surface area contributed by atoms with Crippen molar-refractivity contribution < 1.29 is 0 Å². The molecule has 0 saturated carbocycles. The highest BCUT2D eigenvalue weighted by Crippen LogP contribution is 2.27. The van der Waals surface area contributed by atoms with E-state index >= 15 is 0 Å². The van der Waals surface area contributed by atoms with Crippen LogP contribution in [0.3, 0.4) is 0 Å². The fraction of sp³-hybridized carbons (Fsp3) is 0.333. The highest BCUT2D eigenvalue weighted by molar-refractivity contribution is 8.07. The van der Waals surface area contributed by atoms with Gasteiger partial charge in [-0.2, -0.15) is 0 Å². The molecule has 3 heteroatoms. The topological polar surface area (TPSA) is 52.0 Å². The summed E-state index contributed by atoms with van der Waals surface area (Å²) in [5.74, 6) is 0. The van der Waals surface area contributed by atoms with Crippen molar-refractivity contribution >= 4 is 16.7 Å². The number of allylic oxidation sites excluding steroid dienone is 1. The Morgan fingerprint density at radius 2 is 1.80 bits per heavy atom. The highest BCUT2D eigenvalue weighted by atomic mass is 32.2. The van der Waals surface area contributed by atoms with Crippen LogP contribution < -0.4 is 11.5 Å². The Kier molecular flexibility index (Phi) is 4.24. The van der Waals surface area contributed by atoms with E-state index in [4.69, 9.17) is 11.5 Å². The molecule has 0 unspecified atom stereocenters. The summed E-state index contributed by atoms with van der Waals surface area (Å²) in [4.78, 5) is 1.13. The van der Waals surface area contributed by atoms with Gasteiger partial charge in [-0.15, -0.1) is 11.8 Å². The van der Waals surface area contributed by atoms with E-state index in [0.717, 1.165) is 21.7 Å². The molecule has 1 atom stereocenters. The standard InChI is InChI=1S/C12H18N2S/c1-8(13)10-4-6-11(7-5-10)12(15-3)9(2)14/h4-8H,13-14H2,1-3H3/b12-9-/t8-/m0/s1. The second-order valence-electron chi connectivity index (χ2n) is 3.63. The molecule has 0 aliphatic heterocycles. The van der Waals surface area contributed by atoms with Gasteiger partial charge in [0.15, 0.2) is 0 Å². The minimum Gasteiger partial charge on any atom is -0.401 e. The van der Waals surface area contributed by atoms with Crippen molar-refractivity contribution in [3.63, 3.8) is 0 Å². The lowest BCUT2D eigenvalue weighted by atomic mass is 10.1. The van der Waals surface area contributed by atoms with Crippen molar-refractivity contribution in [2.45, 2.75) is 19.9 Å². The van der Waals surface area contributed by atoms with Gasteiger partial charge in [0.2, 0.25) is 0 Å². The van der Waals surface area contributed by atoms with Crippen LogP contribution in [0.25, 0.3) is 4.91 Å². The van der Waals surface area contributed by atoms with Gasteiger partial charge in [0.1, 0.15) is 0 Å². The number of hydrogen-bond donors (Lipinski definition) is 2. The lowest BCUT2D eigenvalue weighted by Crippen LogP contribution is -2.04. The van der Waals surface area contributed by atoms with Crippen molar-refractivity contribution in [1.29, 1.82) is 0 Å². The van der Waals surface area contributed by atoms with Gasteiger partial charge in [0.25, 0.3) is 0 Å². The molecule has 0 aromatic heterocycles. The summed E-state index contributed by atoms with van der Waals surface area (Å²) in [7, 11) is 0. The van der Waals surface area contributed by atoms with E-state index < -0.39 is 0 Å². The van der Waals surface area contributed by atoms with Gasteiger partial charge < -0.3 is 11.5 Å². The zero-order valence-electron chi connectivity index (χ0n) is 9.45. The molecular formula is C12H18N2S. The van der Waals surface area contributed by atoms with Gasteiger partial charge in [0.05, 0.1) is 0 Å². The number of thioether (sulfide) groups is 1. The van der Waals surface area contributed by atoms with E-state index in [9.17, 15) is 0 Å². The van der Waals surface area contributed by atoms with Crippen molar-refractivity contribution in [3.05, 3.63) is 41.1 Å². The monoisotopic (exact) mass is 222 g/mol. The van der Waals surface area contributed by atoms with Crippen LogP contribution in [0.5, 0.6) is 0 Å². The summed E-state index contributed by atoms with van der Waals surface area (Å²) in [5, 5.41) is 0. The quantitative estimate of drug-likeness (QED) is 0.826. The minimum atomic E-state index is 0.0831. The van der Waals surface area contributed by atoms with E-state index in [1.165, 1.54) is 0 Å². The summed E-state index contributed by atoms with van der Waals surface area (Å²) >= 11 is 1.67. The van der Waals surface area contributed by atoms with Gasteiger partial charge in [-0.25, -0.2) is 0 Å². The lowest BCUT2D eigenvalue weighted by molar-refractivity contribution is 0.818. The Morgan fingerprint density at radius 1 is 1.27 bits per heavy atom. The molecule has 0 saturated heterocycles. The molecule has 82 valence electrons. The van der Waals surface area contributed by atoms with Gasteiger partial charge in [-0.1, -0.05) is 24.3 Å². The van der Waals surface area contributed by atoms with E-state index in [-0.39, 0.29) is 6.04 Å². The van der Waals surface area contributed by atoms with Crippen molar-refractivity contribution in [3.8, 4) is 0 Å². The van der Waals surface area contributed by atoms with Crippen LogP contribution in [0.4, 0.5) is 0 Å². The normalized spacial score (nSPS) is 14.7. The first-order valence-corrected chi connectivity index (χ1v) is 6.15. The molecule has 0 fully saturated rings. The largest absolute Gasteiger partial charge is 0.401 e. The van der Waals surface area contributed by atoms with E-state index in [0.29, 0.717) is 0 Å². The maximum absolute atomic E-state index is 5.81. The van der Waals surface area contributed by atoms with Gasteiger partial charge in [-0.05, 0) is 31.2 Å². The fourth-order valence-electron chi connectivity index (χ4n) is 1.44. The molecule has 1 aromatic carbocycles. The zero-order valence-corrected chi connectivity index (χ0v) is 10.3. The molecule has 0 radical (unpaired) electrons. The molecule has 0 amide bonds. The molecule has 15 heavy (non-hydrogen) atoms. The van der Waals surface area contributed by atoms with E-state index in [1.54, 1.807) is 11.8 Å². The van der Waals surface area contributed by atoms with Crippen LogP contribution in [0, 0.1) is 0 Å². The number of rotatable bonds is 3. The van der Waals surface area contributed by atoms with Crippen molar-refractivity contribution in [2.75, 3.05) is 6.26 Å². The average molecular weight is 222 g/mol. The number of nitrogens with two attached hydrogens (primary N) is 2. The summed E-state index contributed by atoms with van der Waals surface area (Å²) in [6.07, 6.45) is 2.03. The minimum absolute atomic E-state index is 0.0831. The van der Waals surface area contributed by atoms with Crippen molar-refractivity contribution in [1.82, 2.24) is 0 Å². The third-order valence-electron chi connectivity index (χ3n) is 2.26. The Hall–Kier alpha value is -0.930. The molecular weight excluding hydrogens is 204 g/mol.